The Bertz CT molecular complexity index is 379. The number of rotatable bonds is 7. The fourth-order valence-electron chi connectivity index (χ4n) is 1.85. The summed E-state index contributed by atoms with van der Waals surface area (Å²) in [5, 5.41) is 8.72. The van der Waals surface area contributed by atoms with Crippen molar-refractivity contribution in [3.63, 3.8) is 0 Å². The lowest BCUT2D eigenvalue weighted by molar-refractivity contribution is 0.0601. The summed E-state index contributed by atoms with van der Waals surface area (Å²) in [6, 6.07) is 7.42. The third kappa shape index (κ3) is 4.04. The van der Waals surface area contributed by atoms with Gasteiger partial charge in [-0.05, 0) is 31.4 Å². The van der Waals surface area contributed by atoms with E-state index in [4.69, 9.17) is 9.84 Å². The molecule has 1 rings (SSSR count). The molecule has 0 aliphatic heterocycles. The van der Waals surface area contributed by atoms with Gasteiger partial charge in [0.25, 0.3) is 0 Å². The molecule has 0 aliphatic carbocycles. The average molecular weight is 251 g/mol. The van der Waals surface area contributed by atoms with Gasteiger partial charge in [0.15, 0.2) is 0 Å². The molecule has 1 aromatic rings. The second kappa shape index (κ2) is 7.71. The molecular formula is C14H21NO3. The lowest BCUT2D eigenvalue weighted by Gasteiger charge is -2.21. The highest BCUT2D eigenvalue weighted by Gasteiger charge is 2.13. The first-order valence-corrected chi connectivity index (χ1v) is 6.20. The van der Waals surface area contributed by atoms with Crippen LogP contribution in [0.25, 0.3) is 0 Å². The molecule has 4 heteroatoms. The first-order valence-electron chi connectivity index (χ1n) is 6.20. The fraction of sp³-hybridized carbons (Fsp3) is 0.500. The minimum absolute atomic E-state index is 0.239. The molecule has 0 unspecified atom stereocenters. The Morgan fingerprint density at radius 1 is 1.28 bits per heavy atom. The van der Waals surface area contributed by atoms with Crippen LogP contribution in [0.2, 0.25) is 0 Å². The van der Waals surface area contributed by atoms with Crippen molar-refractivity contribution in [2.24, 2.45) is 0 Å². The Labute approximate surface area is 108 Å². The predicted molar refractivity (Wildman–Crippen MR) is 72.0 cm³/mol. The molecule has 0 atom stereocenters. The van der Waals surface area contributed by atoms with Gasteiger partial charge in [-0.2, -0.15) is 0 Å². The molecule has 0 aromatic heterocycles. The highest BCUT2D eigenvalue weighted by molar-refractivity contribution is 5.95. The monoisotopic (exact) mass is 251 g/mol. The number of ether oxygens (including phenoxy) is 1. The summed E-state index contributed by atoms with van der Waals surface area (Å²) in [6.45, 7) is 1.09. The zero-order valence-corrected chi connectivity index (χ0v) is 11.1. The van der Waals surface area contributed by atoms with E-state index in [0.29, 0.717) is 5.56 Å². The van der Waals surface area contributed by atoms with Crippen LogP contribution in [0.15, 0.2) is 24.3 Å². The molecule has 0 aliphatic rings. The van der Waals surface area contributed by atoms with E-state index in [2.05, 4.69) is 0 Å². The average Bonchev–Trinajstić information content (AvgIpc) is 2.42. The Balaban J connectivity index is 2.66. The van der Waals surface area contributed by atoms with Crippen molar-refractivity contribution < 1.29 is 14.6 Å². The number of esters is 1. The van der Waals surface area contributed by atoms with E-state index in [1.54, 1.807) is 6.07 Å². The standard InChI is InChI=1S/C14H21NO3/c1-15(10-6-3-7-11-16)13-9-5-4-8-12(13)14(17)18-2/h4-5,8-9,16H,3,6-7,10-11H2,1-2H3. The van der Waals surface area contributed by atoms with E-state index >= 15 is 0 Å². The van der Waals surface area contributed by atoms with Crippen LogP contribution in [0, 0.1) is 0 Å². The first kappa shape index (κ1) is 14.5. The van der Waals surface area contributed by atoms with Crippen LogP contribution in [-0.4, -0.2) is 38.4 Å². The largest absolute Gasteiger partial charge is 0.465 e. The summed E-state index contributed by atoms with van der Waals surface area (Å²) < 4.78 is 4.77. The maximum atomic E-state index is 11.6. The van der Waals surface area contributed by atoms with Crippen LogP contribution < -0.4 is 4.90 Å². The van der Waals surface area contributed by atoms with Gasteiger partial charge in [0.1, 0.15) is 0 Å². The van der Waals surface area contributed by atoms with E-state index in [0.717, 1.165) is 31.5 Å². The first-order chi connectivity index (χ1) is 8.70. The molecule has 1 aromatic carbocycles. The van der Waals surface area contributed by atoms with Gasteiger partial charge in [-0.3, -0.25) is 0 Å². The molecule has 0 heterocycles. The Morgan fingerprint density at radius 2 is 2.00 bits per heavy atom. The van der Waals surface area contributed by atoms with Crippen LogP contribution in [0.3, 0.4) is 0 Å². The van der Waals surface area contributed by atoms with Crippen molar-refractivity contribution in [2.45, 2.75) is 19.3 Å². The van der Waals surface area contributed by atoms with Crippen molar-refractivity contribution in [3.05, 3.63) is 29.8 Å². The summed E-state index contributed by atoms with van der Waals surface area (Å²) >= 11 is 0. The lowest BCUT2D eigenvalue weighted by Crippen LogP contribution is -2.21. The summed E-state index contributed by atoms with van der Waals surface area (Å²) in [7, 11) is 3.35. The highest BCUT2D eigenvalue weighted by Crippen LogP contribution is 2.20. The molecule has 1 N–H and O–H groups in total. The van der Waals surface area contributed by atoms with Gasteiger partial charge in [-0.15, -0.1) is 0 Å². The number of carbonyl (C=O) groups excluding carboxylic acids is 1. The maximum Gasteiger partial charge on any atom is 0.339 e. The summed E-state index contributed by atoms with van der Waals surface area (Å²) in [4.78, 5) is 13.7. The second-order valence-corrected chi connectivity index (χ2v) is 4.21. The number of anilines is 1. The molecule has 0 radical (unpaired) electrons. The number of benzene rings is 1. The summed E-state index contributed by atoms with van der Waals surface area (Å²) in [5.74, 6) is -0.312. The lowest BCUT2D eigenvalue weighted by atomic mass is 10.1. The number of hydrogen-bond acceptors (Lipinski definition) is 4. The smallest absolute Gasteiger partial charge is 0.339 e. The number of para-hydroxylation sites is 1. The van der Waals surface area contributed by atoms with Gasteiger partial charge >= 0.3 is 5.97 Å². The van der Waals surface area contributed by atoms with E-state index in [1.807, 2.05) is 30.1 Å². The van der Waals surface area contributed by atoms with Gasteiger partial charge in [0.2, 0.25) is 0 Å². The van der Waals surface area contributed by atoms with Crippen molar-refractivity contribution in [2.75, 3.05) is 32.2 Å². The molecule has 0 saturated heterocycles. The molecular weight excluding hydrogens is 230 g/mol. The van der Waals surface area contributed by atoms with E-state index < -0.39 is 0 Å². The van der Waals surface area contributed by atoms with Gasteiger partial charge in [0, 0.05) is 20.2 Å². The van der Waals surface area contributed by atoms with Crippen LogP contribution in [0.5, 0.6) is 0 Å². The maximum absolute atomic E-state index is 11.6. The number of unbranched alkanes of at least 4 members (excludes halogenated alkanes) is 2. The predicted octanol–water partition coefficient (Wildman–Crippen LogP) is 2.07. The number of aliphatic hydroxyl groups excluding tert-OH is 1. The van der Waals surface area contributed by atoms with Crippen molar-refractivity contribution in [1.82, 2.24) is 0 Å². The van der Waals surface area contributed by atoms with E-state index in [9.17, 15) is 4.79 Å². The zero-order chi connectivity index (χ0) is 13.4. The number of nitrogens with zero attached hydrogens (tertiary/aromatic N) is 1. The topological polar surface area (TPSA) is 49.8 Å². The van der Waals surface area contributed by atoms with Gasteiger partial charge in [-0.1, -0.05) is 12.1 Å². The number of carbonyl (C=O) groups is 1. The molecule has 0 fully saturated rings. The zero-order valence-electron chi connectivity index (χ0n) is 11.1. The number of aliphatic hydroxyl groups is 1. The van der Waals surface area contributed by atoms with Crippen LogP contribution in [0.1, 0.15) is 29.6 Å². The van der Waals surface area contributed by atoms with E-state index in [-0.39, 0.29) is 12.6 Å². The number of hydrogen-bond donors (Lipinski definition) is 1. The second-order valence-electron chi connectivity index (χ2n) is 4.21. The Kier molecular flexibility index (Phi) is 6.22. The quantitative estimate of drug-likeness (QED) is 0.595. The van der Waals surface area contributed by atoms with Gasteiger partial charge in [0.05, 0.1) is 18.4 Å². The third-order valence-corrected chi connectivity index (χ3v) is 2.87. The molecule has 100 valence electrons. The molecule has 0 amide bonds. The summed E-state index contributed by atoms with van der Waals surface area (Å²) in [5.41, 5.74) is 1.47. The van der Waals surface area contributed by atoms with Crippen LogP contribution in [0.4, 0.5) is 5.69 Å². The third-order valence-electron chi connectivity index (χ3n) is 2.87. The van der Waals surface area contributed by atoms with Crippen molar-refractivity contribution >= 4 is 11.7 Å². The van der Waals surface area contributed by atoms with Crippen molar-refractivity contribution in [1.29, 1.82) is 0 Å². The molecule has 0 bridgehead atoms. The fourth-order valence-corrected chi connectivity index (χ4v) is 1.85. The molecule has 18 heavy (non-hydrogen) atoms. The molecule has 4 nitrogen and oxygen atoms in total. The number of methoxy groups -OCH3 is 1. The van der Waals surface area contributed by atoms with Crippen molar-refractivity contribution in [3.8, 4) is 0 Å². The normalized spacial score (nSPS) is 10.2. The highest BCUT2D eigenvalue weighted by atomic mass is 16.5. The van der Waals surface area contributed by atoms with E-state index in [1.165, 1.54) is 7.11 Å². The molecule has 0 spiro atoms. The Morgan fingerprint density at radius 3 is 2.67 bits per heavy atom. The van der Waals surface area contributed by atoms with Crippen LogP contribution in [-0.2, 0) is 4.74 Å². The Hall–Kier alpha value is -1.55. The summed E-state index contributed by atoms with van der Waals surface area (Å²) in [6.07, 6.45) is 2.81. The SMILES string of the molecule is COC(=O)c1ccccc1N(C)CCCCCO. The minimum Gasteiger partial charge on any atom is -0.465 e. The minimum atomic E-state index is -0.312. The van der Waals surface area contributed by atoms with Gasteiger partial charge in [-0.25, -0.2) is 4.79 Å². The van der Waals surface area contributed by atoms with Gasteiger partial charge < -0.3 is 14.7 Å². The molecule has 0 saturated carbocycles. The van der Waals surface area contributed by atoms with Crippen LogP contribution >= 0.6 is 0 Å².